The second-order valence-corrected chi connectivity index (χ2v) is 4.85. The summed E-state index contributed by atoms with van der Waals surface area (Å²) in [6, 6.07) is 9.99. The van der Waals surface area contributed by atoms with Crippen molar-refractivity contribution in [2.75, 3.05) is 13.1 Å². The smallest absolute Gasteiger partial charge is 0.223 e. The molecule has 1 saturated heterocycles. The van der Waals surface area contributed by atoms with Gasteiger partial charge in [0, 0.05) is 19.0 Å². The molecule has 2 fully saturated rings. The van der Waals surface area contributed by atoms with Crippen molar-refractivity contribution >= 4 is 5.91 Å². The van der Waals surface area contributed by atoms with E-state index < -0.39 is 0 Å². The van der Waals surface area contributed by atoms with Crippen LogP contribution in [0.5, 0.6) is 0 Å². The number of nitrogens with two attached hydrogens (primary N) is 1. The second-order valence-electron chi connectivity index (χ2n) is 4.85. The lowest BCUT2D eigenvalue weighted by Crippen LogP contribution is -2.33. The number of amides is 1. The lowest BCUT2D eigenvalue weighted by Gasteiger charge is -2.15. The van der Waals surface area contributed by atoms with Crippen molar-refractivity contribution in [1.82, 2.24) is 5.32 Å². The van der Waals surface area contributed by atoms with Crippen molar-refractivity contribution in [3.05, 3.63) is 35.9 Å². The zero-order chi connectivity index (χ0) is 11.9. The molecular weight excluding hydrogens is 216 g/mol. The maximum Gasteiger partial charge on any atom is 0.223 e. The Labute approximate surface area is 100 Å². The molecule has 0 radical (unpaired) electrons. The molecule has 1 aliphatic carbocycles. The number of fused-ring (bicyclic) bond motifs is 1. The van der Waals surface area contributed by atoms with Gasteiger partial charge in [0.25, 0.3) is 0 Å². The molecule has 0 aromatic heterocycles. The van der Waals surface area contributed by atoms with Crippen molar-refractivity contribution in [3.8, 4) is 0 Å². The van der Waals surface area contributed by atoms with E-state index in [1.165, 1.54) is 0 Å². The topological polar surface area (TPSA) is 64.4 Å². The summed E-state index contributed by atoms with van der Waals surface area (Å²) in [6.07, 6.45) is 0. The molecular formula is C13H16N2O2. The highest BCUT2D eigenvalue weighted by molar-refractivity contribution is 5.83. The zero-order valence-electron chi connectivity index (χ0n) is 9.56. The highest BCUT2D eigenvalue weighted by Crippen LogP contribution is 2.55. The molecule has 1 heterocycles. The lowest BCUT2D eigenvalue weighted by molar-refractivity contribution is -0.122. The van der Waals surface area contributed by atoms with Gasteiger partial charge in [-0.3, -0.25) is 4.79 Å². The van der Waals surface area contributed by atoms with Gasteiger partial charge in [0.1, 0.15) is 0 Å². The summed E-state index contributed by atoms with van der Waals surface area (Å²) in [5.41, 5.74) is 6.19. The Hall–Kier alpha value is -1.39. The number of ether oxygens (including phenoxy) is 1. The Morgan fingerprint density at radius 1 is 1.47 bits per heavy atom. The maximum absolute atomic E-state index is 11.3. The van der Waals surface area contributed by atoms with Gasteiger partial charge in [-0.05, 0) is 5.56 Å². The van der Waals surface area contributed by atoms with E-state index in [4.69, 9.17) is 10.5 Å². The Balaban J connectivity index is 1.67. The highest BCUT2D eigenvalue weighted by Gasteiger charge is 2.71. The van der Waals surface area contributed by atoms with E-state index in [0.29, 0.717) is 6.61 Å². The first kappa shape index (κ1) is 10.7. The number of carbonyl (C=O) groups is 1. The first-order chi connectivity index (χ1) is 8.24. The molecule has 1 amide bonds. The van der Waals surface area contributed by atoms with Crippen molar-refractivity contribution in [3.63, 3.8) is 0 Å². The van der Waals surface area contributed by atoms with Crippen LogP contribution in [0.2, 0.25) is 0 Å². The summed E-state index contributed by atoms with van der Waals surface area (Å²) in [4.78, 5) is 11.3. The standard InChI is InChI=1S/C13H16N2O2/c14-12(16)11-10-6-15-8-13(10,11)17-7-9-4-2-1-3-5-9/h1-5,10-11,15H,6-8H2,(H2,14,16). The van der Waals surface area contributed by atoms with E-state index in [-0.39, 0.29) is 23.3 Å². The monoisotopic (exact) mass is 232 g/mol. The predicted molar refractivity (Wildman–Crippen MR) is 63.0 cm³/mol. The summed E-state index contributed by atoms with van der Waals surface area (Å²) < 4.78 is 5.96. The molecule has 1 aliphatic heterocycles. The highest BCUT2D eigenvalue weighted by atomic mass is 16.5. The van der Waals surface area contributed by atoms with Crippen LogP contribution in [0.3, 0.4) is 0 Å². The van der Waals surface area contributed by atoms with Crippen molar-refractivity contribution in [2.24, 2.45) is 17.6 Å². The number of nitrogens with one attached hydrogen (secondary N) is 1. The fourth-order valence-electron chi connectivity index (χ4n) is 2.93. The quantitative estimate of drug-likeness (QED) is 0.783. The Morgan fingerprint density at radius 3 is 2.88 bits per heavy atom. The van der Waals surface area contributed by atoms with Crippen LogP contribution in [0.1, 0.15) is 5.56 Å². The van der Waals surface area contributed by atoms with Gasteiger partial charge < -0.3 is 15.8 Å². The average Bonchev–Trinajstić information content (AvgIpc) is 2.79. The van der Waals surface area contributed by atoms with Crippen LogP contribution in [0.15, 0.2) is 30.3 Å². The van der Waals surface area contributed by atoms with Crippen LogP contribution in [-0.4, -0.2) is 24.6 Å². The number of hydrogen-bond donors (Lipinski definition) is 2. The molecule has 3 rings (SSSR count). The number of piperidine rings is 1. The van der Waals surface area contributed by atoms with Gasteiger partial charge >= 0.3 is 0 Å². The number of hydrogen-bond acceptors (Lipinski definition) is 3. The normalized spacial score (nSPS) is 34.4. The zero-order valence-corrected chi connectivity index (χ0v) is 9.56. The molecule has 1 saturated carbocycles. The van der Waals surface area contributed by atoms with Gasteiger partial charge in [-0.1, -0.05) is 30.3 Å². The molecule has 0 spiro atoms. The minimum absolute atomic E-state index is 0.104. The van der Waals surface area contributed by atoms with Gasteiger partial charge in [-0.15, -0.1) is 0 Å². The van der Waals surface area contributed by atoms with Gasteiger partial charge in [0.15, 0.2) is 0 Å². The van der Waals surface area contributed by atoms with E-state index in [9.17, 15) is 4.79 Å². The summed E-state index contributed by atoms with van der Waals surface area (Å²) >= 11 is 0. The van der Waals surface area contributed by atoms with Crippen LogP contribution in [-0.2, 0) is 16.1 Å². The van der Waals surface area contributed by atoms with Crippen molar-refractivity contribution < 1.29 is 9.53 Å². The lowest BCUT2D eigenvalue weighted by atomic mass is 10.2. The SMILES string of the molecule is NC(=O)C1C2CNCC21OCc1ccccc1. The molecule has 4 nitrogen and oxygen atoms in total. The van der Waals surface area contributed by atoms with Crippen LogP contribution >= 0.6 is 0 Å². The van der Waals surface area contributed by atoms with Gasteiger partial charge in [0.05, 0.1) is 18.1 Å². The van der Waals surface area contributed by atoms with Crippen LogP contribution in [0.25, 0.3) is 0 Å². The first-order valence-corrected chi connectivity index (χ1v) is 5.92. The summed E-state index contributed by atoms with van der Waals surface area (Å²) in [6.45, 7) is 2.11. The molecule has 3 unspecified atom stereocenters. The van der Waals surface area contributed by atoms with Crippen molar-refractivity contribution in [2.45, 2.75) is 12.2 Å². The Kier molecular flexibility index (Phi) is 2.42. The van der Waals surface area contributed by atoms with Gasteiger partial charge in [0.2, 0.25) is 5.91 Å². The van der Waals surface area contributed by atoms with Gasteiger partial charge in [-0.2, -0.15) is 0 Å². The number of carbonyl (C=O) groups excluding carboxylic acids is 1. The second kappa shape index (κ2) is 3.82. The average molecular weight is 232 g/mol. The van der Waals surface area contributed by atoms with Crippen LogP contribution in [0, 0.1) is 11.8 Å². The van der Waals surface area contributed by atoms with Crippen molar-refractivity contribution in [1.29, 1.82) is 0 Å². The number of primary amides is 1. The molecule has 3 atom stereocenters. The van der Waals surface area contributed by atoms with Gasteiger partial charge in [-0.25, -0.2) is 0 Å². The molecule has 17 heavy (non-hydrogen) atoms. The Bertz CT molecular complexity index is 434. The fourth-order valence-corrected chi connectivity index (χ4v) is 2.93. The molecule has 2 aliphatic rings. The summed E-state index contributed by atoms with van der Waals surface area (Å²) in [5.74, 6) is -0.0688. The summed E-state index contributed by atoms with van der Waals surface area (Å²) in [7, 11) is 0. The predicted octanol–water partition coefficient (Wildman–Crippen LogP) is 0.277. The third-order valence-electron chi connectivity index (χ3n) is 3.87. The molecule has 1 aromatic carbocycles. The minimum Gasteiger partial charge on any atom is -0.369 e. The third kappa shape index (κ3) is 1.64. The van der Waals surface area contributed by atoms with E-state index >= 15 is 0 Å². The molecule has 90 valence electrons. The molecule has 3 N–H and O–H groups in total. The van der Waals surface area contributed by atoms with Crippen LogP contribution < -0.4 is 11.1 Å². The first-order valence-electron chi connectivity index (χ1n) is 5.92. The minimum atomic E-state index is -0.332. The van der Waals surface area contributed by atoms with Crippen LogP contribution in [0.4, 0.5) is 0 Å². The number of rotatable bonds is 4. The fraction of sp³-hybridized carbons (Fsp3) is 0.462. The molecule has 0 bridgehead atoms. The summed E-state index contributed by atoms with van der Waals surface area (Å²) in [5, 5.41) is 3.25. The third-order valence-corrected chi connectivity index (χ3v) is 3.87. The number of benzene rings is 1. The Morgan fingerprint density at radius 2 is 2.24 bits per heavy atom. The van der Waals surface area contributed by atoms with E-state index in [2.05, 4.69) is 5.32 Å². The molecule has 1 aromatic rings. The van der Waals surface area contributed by atoms with E-state index in [1.807, 2.05) is 30.3 Å². The van der Waals surface area contributed by atoms with E-state index in [0.717, 1.165) is 18.7 Å². The maximum atomic E-state index is 11.3. The largest absolute Gasteiger partial charge is 0.369 e. The van der Waals surface area contributed by atoms with E-state index in [1.54, 1.807) is 0 Å². The molecule has 4 heteroatoms.